The monoisotopic (exact) mass is 448 g/mol. The fourth-order valence-electron chi connectivity index (χ4n) is 4.22. The predicted octanol–water partition coefficient (Wildman–Crippen LogP) is 1.73. The summed E-state index contributed by atoms with van der Waals surface area (Å²) in [5, 5.41) is 33.1. The fraction of sp³-hybridized carbons (Fsp3) is 0.478. The molecule has 0 spiro atoms. The maximum Gasteiger partial charge on any atom is 0.261 e. The Morgan fingerprint density at radius 1 is 0.867 bits per heavy atom. The molecule has 0 radical (unpaired) electrons. The van der Waals surface area contributed by atoms with Gasteiger partial charge in [0.25, 0.3) is 8.32 Å². The third-order valence-corrected chi connectivity index (χ3v) is 11.6. The summed E-state index contributed by atoms with van der Waals surface area (Å²) in [5.74, 6) is 0. The highest BCUT2D eigenvalue weighted by Gasteiger charge is 2.52. The second-order valence-electron chi connectivity index (χ2n) is 8.72. The Kier molecular flexibility index (Phi) is 7.45. The molecule has 0 aromatic heterocycles. The topological polar surface area (TPSA) is 79.2 Å². The van der Waals surface area contributed by atoms with E-state index >= 15 is 0 Å². The number of thioether (sulfide) groups is 1. The van der Waals surface area contributed by atoms with Gasteiger partial charge in [0.2, 0.25) is 0 Å². The SMILES string of the molecule is CS[C@@H]1O[C@H](CO[Si](c2ccccc2)(c2ccccc2)C(C)(C)C)[C@H](O)[C@H](O)[C@H]1O. The van der Waals surface area contributed by atoms with Crippen LogP contribution in [0.3, 0.4) is 0 Å². The second kappa shape index (κ2) is 9.52. The summed E-state index contributed by atoms with van der Waals surface area (Å²) >= 11 is 1.31. The quantitative estimate of drug-likeness (QED) is 0.584. The highest BCUT2D eigenvalue weighted by atomic mass is 32.2. The average molecular weight is 449 g/mol. The van der Waals surface area contributed by atoms with E-state index in [1.54, 1.807) is 6.26 Å². The molecule has 5 atom stereocenters. The summed E-state index contributed by atoms with van der Waals surface area (Å²) < 4.78 is 12.7. The molecule has 0 amide bonds. The summed E-state index contributed by atoms with van der Waals surface area (Å²) in [4.78, 5) is 0. The molecule has 0 saturated carbocycles. The lowest BCUT2D eigenvalue weighted by Gasteiger charge is -2.45. The van der Waals surface area contributed by atoms with Crippen molar-refractivity contribution in [3.05, 3.63) is 60.7 Å². The molecule has 30 heavy (non-hydrogen) atoms. The van der Waals surface area contributed by atoms with Crippen LogP contribution in [-0.2, 0) is 9.16 Å². The number of aliphatic hydroxyl groups excluding tert-OH is 3. The van der Waals surface area contributed by atoms with Crippen molar-refractivity contribution in [2.24, 2.45) is 0 Å². The molecule has 5 nitrogen and oxygen atoms in total. The van der Waals surface area contributed by atoms with Crippen molar-refractivity contribution in [3.63, 3.8) is 0 Å². The van der Waals surface area contributed by atoms with E-state index < -0.39 is 38.2 Å². The highest BCUT2D eigenvalue weighted by molar-refractivity contribution is 7.99. The Balaban J connectivity index is 2.00. The van der Waals surface area contributed by atoms with E-state index in [0.717, 1.165) is 10.4 Å². The molecule has 164 valence electrons. The van der Waals surface area contributed by atoms with Crippen LogP contribution in [0.1, 0.15) is 20.8 Å². The van der Waals surface area contributed by atoms with Crippen LogP contribution in [0.2, 0.25) is 5.04 Å². The summed E-state index contributed by atoms with van der Waals surface area (Å²) in [7, 11) is -2.78. The summed E-state index contributed by atoms with van der Waals surface area (Å²) in [6, 6.07) is 20.5. The fourth-order valence-corrected chi connectivity index (χ4v) is 9.48. The number of rotatable bonds is 6. The van der Waals surface area contributed by atoms with Crippen LogP contribution in [0.4, 0.5) is 0 Å². The van der Waals surface area contributed by atoms with Crippen LogP contribution in [0.5, 0.6) is 0 Å². The molecule has 1 saturated heterocycles. The summed E-state index contributed by atoms with van der Waals surface area (Å²) in [6.07, 6.45) is -2.56. The van der Waals surface area contributed by atoms with Gasteiger partial charge in [0, 0.05) is 0 Å². The Bertz CT molecular complexity index is 757. The number of aliphatic hydroxyl groups is 3. The van der Waals surface area contributed by atoms with Gasteiger partial charge in [0.15, 0.2) is 0 Å². The van der Waals surface area contributed by atoms with Crippen molar-refractivity contribution in [1.82, 2.24) is 0 Å². The van der Waals surface area contributed by atoms with E-state index in [1.807, 2.05) is 36.4 Å². The largest absolute Gasteiger partial charge is 0.405 e. The molecular formula is C23H32O5SSi. The molecule has 1 aliphatic heterocycles. The van der Waals surface area contributed by atoms with Crippen molar-refractivity contribution in [3.8, 4) is 0 Å². The van der Waals surface area contributed by atoms with Crippen LogP contribution < -0.4 is 10.4 Å². The molecule has 0 unspecified atom stereocenters. The maximum atomic E-state index is 10.6. The molecule has 2 aromatic rings. The zero-order valence-corrected chi connectivity index (χ0v) is 19.8. The molecule has 1 aliphatic rings. The van der Waals surface area contributed by atoms with E-state index in [9.17, 15) is 15.3 Å². The van der Waals surface area contributed by atoms with E-state index in [0.29, 0.717) is 0 Å². The Morgan fingerprint density at radius 3 is 1.80 bits per heavy atom. The van der Waals surface area contributed by atoms with Gasteiger partial charge in [-0.3, -0.25) is 0 Å². The van der Waals surface area contributed by atoms with Crippen LogP contribution in [0.15, 0.2) is 60.7 Å². The molecule has 2 aromatic carbocycles. The first-order valence-corrected chi connectivity index (χ1v) is 13.4. The van der Waals surface area contributed by atoms with E-state index in [-0.39, 0.29) is 11.6 Å². The van der Waals surface area contributed by atoms with Crippen molar-refractivity contribution in [2.75, 3.05) is 12.9 Å². The lowest BCUT2D eigenvalue weighted by Crippen LogP contribution is -2.68. The van der Waals surface area contributed by atoms with Gasteiger partial charge in [0.1, 0.15) is 29.9 Å². The average Bonchev–Trinajstić information content (AvgIpc) is 2.74. The van der Waals surface area contributed by atoms with Gasteiger partial charge in [-0.05, 0) is 21.7 Å². The maximum absolute atomic E-state index is 10.6. The summed E-state index contributed by atoms with van der Waals surface area (Å²) in [6.45, 7) is 6.66. The number of ether oxygens (including phenoxy) is 1. The normalized spacial score (nSPS) is 27.8. The van der Waals surface area contributed by atoms with Gasteiger partial charge in [-0.2, -0.15) is 0 Å². The first-order valence-electron chi connectivity index (χ1n) is 10.2. The zero-order valence-electron chi connectivity index (χ0n) is 17.9. The molecule has 1 heterocycles. The standard InChI is InChI=1S/C23H32O5SSi/c1-23(2,3)30(16-11-7-5-8-12-16,17-13-9-6-10-14-17)27-15-18-19(24)20(25)21(26)22(28-18)29-4/h5-14,18-22,24-26H,15H2,1-4H3/t18-,19+,20+,21-,22+/m1/s1. The number of benzene rings is 2. The molecule has 7 heteroatoms. The van der Waals surface area contributed by atoms with Gasteiger partial charge >= 0.3 is 0 Å². The van der Waals surface area contributed by atoms with Crippen LogP contribution in [0.25, 0.3) is 0 Å². The van der Waals surface area contributed by atoms with Gasteiger partial charge in [0.05, 0.1) is 6.61 Å². The first kappa shape index (κ1) is 23.5. The van der Waals surface area contributed by atoms with Crippen LogP contribution in [0, 0.1) is 0 Å². The minimum Gasteiger partial charge on any atom is -0.405 e. The van der Waals surface area contributed by atoms with Crippen LogP contribution >= 0.6 is 11.8 Å². The lowest BCUT2D eigenvalue weighted by molar-refractivity contribution is -0.204. The number of hydrogen-bond donors (Lipinski definition) is 3. The molecule has 3 rings (SSSR count). The minimum atomic E-state index is -2.78. The summed E-state index contributed by atoms with van der Waals surface area (Å²) in [5.41, 5.74) is -0.615. The highest BCUT2D eigenvalue weighted by Crippen LogP contribution is 2.37. The molecule has 1 fully saturated rings. The van der Waals surface area contributed by atoms with Crippen molar-refractivity contribution in [1.29, 1.82) is 0 Å². The van der Waals surface area contributed by atoms with Crippen LogP contribution in [-0.4, -0.2) is 66.4 Å². The van der Waals surface area contributed by atoms with Gasteiger partial charge in [-0.1, -0.05) is 81.4 Å². The Labute approximate surface area is 184 Å². The lowest BCUT2D eigenvalue weighted by atomic mass is 10.0. The minimum absolute atomic E-state index is 0.120. The van der Waals surface area contributed by atoms with Gasteiger partial charge in [-0.25, -0.2) is 0 Å². The Hall–Kier alpha value is -1.19. The van der Waals surface area contributed by atoms with Crippen molar-refractivity contribution in [2.45, 2.75) is 55.7 Å². The molecule has 0 bridgehead atoms. The smallest absolute Gasteiger partial charge is 0.261 e. The second-order valence-corrected chi connectivity index (χ2v) is 14.0. The van der Waals surface area contributed by atoms with Crippen molar-refractivity contribution >= 4 is 30.5 Å². The Morgan fingerprint density at radius 2 is 1.37 bits per heavy atom. The number of hydrogen-bond acceptors (Lipinski definition) is 6. The predicted molar refractivity (Wildman–Crippen MR) is 124 cm³/mol. The van der Waals surface area contributed by atoms with E-state index in [2.05, 4.69) is 45.0 Å². The third kappa shape index (κ3) is 4.39. The third-order valence-electron chi connectivity index (χ3n) is 5.78. The molecule has 0 aliphatic carbocycles. The zero-order chi connectivity index (χ0) is 21.9. The van der Waals surface area contributed by atoms with Gasteiger partial charge < -0.3 is 24.5 Å². The first-order chi connectivity index (χ1) is 14.2. The van der Waals surface area contributed by atoms with Gasteiger partial charge in [-0.15, -0.1) is 11.8 Å². The van der Waals surface area contributed by atoms with E-state index in [1.165, 1.54) is 11.8 Å². The van der Waals surface area contributed by atoms with Crippen molar-refractivity contribution < 1.29 is 24.5 Å². The molecular weight excluding hydrogens is 416 g/mol. The molecule has 3 N–H and O–H groups in total. The van der Waals surface area contributed by atoms with E-state index in [4.69, 9.17) is 9.16 Å².